The maximum atomic E-state index is 12.8. The second-order valence-electron chi connectivity index (χ2n) is 6.92. The van der Waals surface area contributed by atoms with Crippen molar-refractivity contribution in [2.45, 2.75) is 33.0 Å². The molecule has 0 saturated carbocycles. The van der Waals surface area contributed by atoms with Crippen LogP contribution in [0.15, 0.2) is 47.3 Å². The van der Waals surface area contributed by atoms with Crippen molar-refractivity contribution in [3.05, 3.63) is 65.5 Å². The van der Waals surface area contributed by atoms with Crippen LogP contribution in [0.1, 0.15) is 47.3 Å². The molecular weight excluding hydrogens is 411 g/mol. The third kappa shape index (κ3) is 4.96. The molecule has 0 aliphatic heterocycles. The number of furan rings is 1. The third-order valence-electron chi connectivity index (χ3n) is 5.13. The van der Waals surface area contributed by atoms with Crippen molar-refractivity contribution in [3.63, 3.8) is 0 Å². The first-order valence-corrected chi connectivity index (χ1v) is 9.90. The van der Waals surface area contributed by atoms with Gasteiger partial charge in [-0.15, -0.1) is 0 Å². The van der Waals surface area contributed by atoms with Gasteiger partial charge in [-0.25, -0.2) is 9.67 Å². The largest absolute Gasteiger partial charge is 0.468 e. The number of halogens is 3. The molecule has 0 bridgehead atoms. The molecule has 1 amide bonds. The molecule has 3 heterocycles. The lowest BCUT2D eigenvalue weighted by atomic mass is 10.1. The highest BCUT2D eigenvalue weighted by Gasteiger charge is 2.31. The summed E-state index contributed by atoms with van der Waals surface area (Å²) in [5.41, 5.74) is -0.0546. The zero-order valence-electron chi connectivity index (χ0n) is 17.5. The number of alkyl halides is 3. The Morgan fingerprint density at radius 3 is 2.52 bits per heavy atom. The molecule has 7 nitrogen and oxygen atoms in total. The van der Waals surface area contributed by atoms with Crippen LogP contribution in [0.5, 0.6) is 0 Å². The lowest BCUT2D eigenvalue weighted by Crippen LogP contribution is -2.38. The molecule has 166 valence electrons. The molecule has 10 heteroatoms. The number of amides is 1. The molecule has 3 aromatic rings. The van der Waals surface area contributed by atoms with Gasteiger partial charge in [-0.3, -0.25) is 9.69 Å². The molecular formula is C21H24F3N5O2. The van der Waals surface area contributed by atoms with E-state index in [1.807, 2.05) is 19.9 Å². The molecule has 1 N–H and O–H groups in total. The van der Waals surface area contributed by atoms with Crippen LogP contribution in [0.2, 0.25) is 0 Å². The van der Waals surface area contributed by atoms with E-state index >= 15 is 0 Å². The van der Waals surface area contributed by atoms with Crippen LogP contribution in [-0.4, -0.2) is 45.2 Å². The Morgan fingerprint density at radius 1 is 1.23 bits per heavy atom. The standard InChI is InChI=1S/C21H24F3N5O2/c1-4-28(5-2)17(18-7-6-10-31-18)13-26-20(30)16-12-27-29(14(16)3)19-9-8-15(11-25-19)21(22,23)24/h6-12,17H,4-5,13H2,1-3H3,(H,26,30). The number of pyridine rings is 1. The van der Waals surface area contributed by atoms with Gasteiger partial charge in [0.05, 0.1) is 35.3 Å². The summed E-state index contributed by atoms with van der Waals surface area (Å²) >= 11 is 0. The molecule has 0 spiro atoms. The number of likely N-dealkylation sites (N-methyl/N-ethyl adjacent to an activating group) is 1. The predicted molar refractivity (Wildman–Crippen MR) is 108 cm³/mol. The first kappa shape index (κ1) is 22.5. The van der Waals surface area contributed by atoms with Crippen LogP contribution < -0.4 is 5.32 Å². The monoisotopic (exact) mass is 435 g/mol. The summed E-state index contributed by atoms with van der Waals surface area (Å²) in [6.07, 6.45) is -0.748. The number of hydrogen-bond donors (Lipinski definition) is 1. The minimum Gasteiger partial charge on any atom is -0.468 e. The van der Waals surface area contributed by atoms with E-state index in [4.69, 9.17) is 4.42 Å². The van der Waals surface area contributed by atoms with Gasteiger partial charge in [-0.2, -0.15) is 18.3 Å². The van der Waals surface area contributed by atoms with Crippen LogP contribution in [-0.2, 0) is 6.18 Å². The van der Waals surface area contributed by atoms with Crippen molar-refractivity contribution in [1.29, 1.82) is 0 Å². The van der Waals surface area contributed by atoms with E-state index in [9.17, 15) is 18.0 Å². The third-order valence-corrected chi connectivity index (χ3v) is 5.13. The first-order chi connectivity index (χ1) is 14.8. The van der Waals surface area contributed by atoms with Gasteiger partial charge in [0.1, 0.15) is 5.76 Å². The van der Waals surface area contributed by atoms with Gasteiger partial charge >= 0.3 is 6.18 Å². The summed E-state index contributed by atoms with van der Waals surface area (Å²) in [5, 5.41) is 7.03. The van der Waals surface area contributed by atoms with Crippen LogP contribution >= 0.6 is 0 Å². The molecule has 0 aromatic carbocycles. The van der Waals surface area contributed by atoms with Crippen molar-refractivity contribution in [3.8, 4) is 5.82 Å². The minimum absolute atomic E-state index is 0.124. The lowest BCUT2D eigenvalue weighted by Gasteiger charge is -2.28. The fraction of sp³-hybridized carbons (Fsp3) is 0.381. The summed E-state index contributed by atoms with van der Waals surface area (Å²) in [6, 6.07) is 5.70. The van der Waals surface area contributed by atoms with Crippen LogP contribution in [0.3, 0.4) is 0 Å². The SMILES string of the molecule is CCN(CC)C(CNC(=O)c1cnn(-c2ccc(C(F)(F)F)cn2)c1C)c1ccco1. The van der Waals surface area contributed by atoms with Gasteiger partial charge in [-0.05, 0) is 44.3 Å². The molecule has 0 radical (unpaired) electrons. The van der Waals surface area contributed by atoms with E-state index in [0.29, 0.717) is 17.8 Å². The molecule has 1 atom stereocenters. The Kier molecular flexibility index (Phi) is 6.79. The average molecular weight is 435 g/mol. The van der Waals surface area contributed by atoms with Crippen LogP contribution in [0.25, 0.3) is 5.82 Å². The molecule has 0 saturated heterocycles. The number of hydrogen-bond acceptors (Lipinski definition) is 5. The number of carbonyl (C=O) groups excluding carboxylic acids is 1. The highest BCUT2D eigenvalue weighted by atomic mass is 19.4. The van der Waals surface area contributed by atoms with Crippen molar-refractivity contribution in [2.75, 3.05) is 19.6 Å². The predicted octanol–water partition coefficient (Wildman–Crippen LogP) is 4.00. The molecule has 0 aliphatic carbocycles. The average Bonchev–Trinajstić information content (AvgIpc) is 3.40. The molecule has 31 heavy (non-hydrogen) atoms. The smallest absolute Gasteiger partial charge is 0.417 e. The molecule has 0 fully saturated rings. The highest BCUT2D eigenvalue weighted by molar-refractivity contribution is 5.95. The Hall–Kier alpha value is -3.14. The van der Waals surface area contributed by atoms with E-state index in [0.717, 1.165) is 31.1 Å². The number of nitrogens with zero attached hydrogens (tertiary/aromatic N) is 4. The molecule has 1 unspecified atom stereocenters. The Labute approximate surface area is 177 Å². The van der Waals surface area contributed by atoms with Gasteiger partial charge in [0, 0.05) is 12.7 Å². The zero-order valence-corrected chi connectivity index (χ0v) is 17.5. The molecule has 3 rings (SSSR count). The Morgan fingerprint density at radius 2 is 1.97 bits per heavy atom. The van der Waals surface area contributed by atoms with E-state index in [1.165, 1.54) is 16.9 Å². The normalized spacial score (nSPS) is 12.9. The molecule has 3 aromatic heterocycles. The van der Waals surface area contributed by atoms with Gasteiger partial charge in [-0.1, -0.05) is 13.8 Å². The second-order valence-corrected chi connectivity index (χ2v) is 6.92. The van der Waals surface area contributed by atoms with Crippen molar-refractivity contribution < 1.29 is 22.4 Å². The summed E-state index contributed by atoms with van der Waals surface area (Å²) < 4.78 is 45.1. The first-order valence-electron chi connectivity index (χ1n) is 9.90. The van der Waals surface area contributed by atoms with Crippen molar-refractivity contribution in [1.82, 2.24) is 25.0 Å². The highest BCUT2D eigenvalue weighted by Crippen LogP contribution is 2.29. The number of carbonyl (C=O) groups is 1. The van der Waals surface area contributed by atoms with Gasteiger partial charge in [0.2, 0.25) is 0 Å². The van der Waals surface area contributed by atoms with Gasteiger partial charge < -0.3 is 9.73 Å². The van der Waals surface area contributed by atoms with E-state index in [-0.39, 0.29) is 17.8 Å². The number of nitrogens with one attached hydrogen (secondary N) is 1. The van der Waals surface area contributed by atoms with Crippen molar-refractivity contribution in [2.24, 2.45) is 0 Å². The zero-order chi connectivity index (χ0) is 22.6. The maximum Gasteiger partial charge on any atom is 0.417 e. The topological polar surface area (TPSA) is 76.2 Å². The van der Waals surface area contributed by atoms with Gasteiger partial charge in [0.25, 0.3) is 5.91 Å². The van der Waals surface area contributed by atoms with E-state index in [1.54, 1.807) is 19.3 Å². The molecule has 0 aliphatic rings. The summed E-state index contributed by atoms with van der Waals surface area (Å²) in [6.45, 7) is 7.63. The number of rotatable bonds is 8. The number of aromatic nitrogens is 3. The fourth-order valence-electron chi connectivity index (χ4n) is 3.38. The summed E-state index contributed by atoms with van der Waals surface area (Å²) in [7, 11) is 0. The Bertz CT molecular complexity index is 993. The van der Waals surface area contributed by atoms with E-state index in [2.05, 4.69) is 20.3 Å². The minimum atomic E-state index is -4.47. The maximum absolute atomic E-state index is 12.8. The van der Waals surface area contributed by atoms with Gasteiger partial charge in [0.15, 0.2) is 5.82 Å². The fourth-order valence-corrected chi connectivity index (χ4v) is 3.38. The lowest BCUT2D eigenvalue weighted by molar-refractivity contribution is -0.137. The van der Waals surface area contributed by atoms with Crippen LogP contribution in [0.4, 0.5) is 13.2 Å². The van der Waals surface area contributed by atoms with E-state index < -0.39 is 11.7 Å². The summed E-state index contributed by atoms with van der Waals surface area (Å²) in [4.78, 5) is 18.8. The quantitative estimate of drug-likeness (QED) is 0.579. The summed E-state index contributed by atoms with van der Waals surface area (Å²) in [5.74, 6) is 0.617. The Balaban J connectivity index is 1.75. The van der Waals surface area contributed by atoms with Crippen LogP contribution in [0, 0.1) is 6.92 Å². The van der Waals surface area contributed by atoms with Crippen molar-refractivity contribution >= 4 is 5.91 Å². The second kappa shape index (κ2) is 9.34.